The van der Waals surface area contributed by atoms with Crippen LogP contribution in [0.4, 0.5) is 5.69 Å². The van der Waals surface area contributed by atoms with Crippen LogP contribution in [0.3, 0.4) is 0 Å². The molecule has 6 nitrogen and oxygen atoms in total. The van der Waals surface area contributed by atoms with Crippen LogP contribution >= 0.6 is 11.7 Å². The first kappa shape index (κ1) is 14.1. The number of ether oxygens (including phenoxy) is 1. The van der Waals surface area contributed by atoms with Gasteiger partial charge in [-0.05, 0) is 26.0 Å². The van der Waals surface area contributed by atoms with Crippen molar-refractivity contribution in [1.29, 1.82) is 0 Å². The summed E-state index contributed by atoms with van der Waals surface area (Å²) in [4.78, 5) is 23.0. The van der Waals surface area contributed by atoms with Crippen molar-refractivity contribution in [3.8, 4) is 0 Å². The molecule has 2 rings (SSSR count). The number of carbonyl (C=O) groups excluding carboxylic acids is 2. The first-order valence-corrected chi connectivity index (χ1v) is 6.62. The van der Waals surface area contributed by atoms with E-state index >= 15 is 0 Å². The van der Waals surface area contributed by atoms with Crippen molar-refractivity contribution in [2.45, 2.75) is 13.8 Å². The summed E-state index contributed by atoms with van der Waals surface area (Å²) in [5.74, 6) is -0.949. The van der Waals surface area contributed by atoms with Gasteiger partial charge in [-0.3, -0.25) is 4.79 Å². The molecule has 1 aromatic carbocycles. The van der Waals surface area contributed by atoms with Crippen molar-refractivity contribution in [2.75, 3.05) is 11.9 Å². The summed E-state index contributed by atoms with van der Waals surface area (Å²) in [5.41, 5.74) is 2.71. The standard InChI is InChI=1S/C13H13N3O3S/c1-8(2)6-12(18)19-7-11(17)14-9-4-3-5-10-13(9)16-20-15-10/h3-6H,7H2,1-2H3,(H,14,17). The number of aromatic nitrogens is 2. The molecule has 0 saturated heterocycles. The Morgan fingerprint density at radius 2 is 2.15 bits per heavy atom. The van der Waals surface area contributed by atoms with Crippen LogP contribution in [0.25, 0.3) is 11.0 Å². The molecule has 0 aliphatic carbocycles. The molecule has 0 aliphatic heterocycles. The number of anilines is 1. The third kappa shape index (κ3) is 3.61. The van der Waals surface area contributed by atoms with Gasteiger partial charge in [0.1, 0.15) is 11.0 Å². The molecule has 0 unspecified atom stereocenters. The van der Waals surface area contributed by atoms with Gasteiger partial charge in [0.2, 0.25) is 0 Å². The predicted molar refractivity (Wildman–Crippen MR) is 76.4 cm³/mol. The van der Waals surface area contributed by atoms with Gasteiger partial charge in [0, 0.05) is 6.08 Å². The van der Waals surface area contributed by atoms with E-state index in [0.717, 1.165) is 17.3 Å². The third-order valence-corrected chi connectivity index (χ3v) is 2.85. The van der Waals surface area contributed by atoms with Crippen molar-refractivity contribution in [2.24, 2.45) is 0 Å². The zero-order valence-electron chi connectivity index (χ0n) is 11.0. The van der Waals surface area contributed by atoms with Gasteiger partial charge < -0.3 is 10.1 Å². The summed E-state index contributed by atoms with van der Waals surface area (Å²) in [6.45, 7) is 3.21. The first-order valence-electron chi connectivity index (χ1n) is 5.89. The van der Waals surface area contributed by atoms with Crippen LogP contribution in [-0.2, 0) is 14.3 Å². The van der Waals surface area contributed by atoms with E-state index in [9.17, 15) is 9.59 Å². The quantitative estimate of drug-likeness (QED) is 0.689. The minimum Gasteiger partial charge on any atom is -0.452 e. The normalized spacial score (nSPS) is 10.1. The molecule has 1 aromatic heterocycles. The van der Waals surface area contributed by atoms with Gasteiger partial charge >= 0.3 is 5.97 Å². The monoisotopic (exact) mass is 291 g/mol. The zero-order valence-corrected chi connectivity index (χ0v) is 11.9. The van der Waals surface area contributed by atoms with E-state index in [0.29, 0.717) is 16.7 Å². The minimum absolute atomic E-state index is 0.337. The predicted octanol–water partition coefficient (Wildman–Crippen LogP) is 2.14. The van der Waals surface area contributed by atoms with Crippen LogP contribution in [0.15, 0.2) is 29.8 Å². The van der Waals surface area contributed by atoms with Crippen LogP contribution in [0.1, 0.15) is 13.8 Å². The Hall–Kier alpha value is -2.28. The van der Waals surface area contributed by atoms with Gasteiger partial charge in [0.15, 0.2) is 6.61 Å². The molecule has 0 radical (unpaired) electrons. The first-order chi connectivity index (χ1) is 9.56. The fourth-order valence-corrected chi connectivity index (χ4v) is 2.06. The second kappa shape index (κ2) is 6.25. The summed E-state index contributed by atoms with van der Waals surface area (Å²) < 4.78 is 13.0. The fraction of sp³-hybridized carbons (Fsp3) is 0.231. The Labute approximate surface area is 119 Å². The summed E-state index contributed by atoms with van der Waals surface area (Å²) in [7, 11) is 0. The topological polar surface area (TPSA) is 81.2 Å². The highest BCUT2D eigenvalue weighted by atomic mass is 32.1. The maximum atomic E-state index is 11.7. The maximum absolute atomic E-state index is 11.7. The zero-order chi connectivity index (χ0) is 14.5. The third-order valence-electron chi connectivity index (χ3n) is 2.31. The average molecular weight is 291 g/mol. The van der Waals surface area contributed by atoms with E-state index < -0.39 is 11.9 Å². The number of fused-ring (bicyclic) bond motifs is 1. The highest BCUT2D eigenvalue weighted by molar-refractivity contribution is 7.00. The lowest BCUT2D eigenvalue weighted by Crippen LogP contribution is -2.20. The summed E-state index contributed by atoms with van der Waals surface area (Å²) >= 11 is 1.07. The van der Waals surface area contributed by atoms with Crippen molar-refractivity contribution >= 4 is 40.3 Å². The van der Waals surface area contributed by atoms with Crippen molar-refractivity contribution in [1.82, 2.24) is 8.75 Å². The van der Waals surface area contributed by atoms with Crippen LogP contribution in [-0.4, -0.2) is 27.2 Å². The molecule has 0 saturated carbocycles. The van der Waals surface area contributed by atoms with E-state index in [2.05, 4.69) is 14.1 Å². The Bertz CT molecular complexity index is 674. The van der Waals surface area contributed by atoms with Crippen molar-refractivity contribution in [3.05, 3.63) is 29.8 Å². The maximum Gasteiger partial charge on any atom is 0.331 e. The second-order valence-electron chi connectivity index (χ2n) is 4.32. The lowest BCUT2D eigenvalue weighted by atomic mass is 10.2. The van der Waals surface area contributed by atoms with E-state index in [1.807, 2.05) is 6.07 Å². The number of benzene rings is 1. The van der Waals surface area contributed by atoms with E-state index in [4.69, 9.17) is 4.74 Å². The molecule has 0 atom stereocenters. The molecule has 104 valence electrons. The van der Waals surface area contributed by atoms with E-state index in [-0.39, 0.29) is 6.61 Å². The van der Waals surface area contributed by atoms with Gasteiger partial charge in [-0.15, -0.1) is 0 Å². The van der Waals surface area contributed by atoms with Crippen molar-refractivity contribution in [3.63, 3.8) is 0 Å². The van der Waals surface area contributed by atoms with Crippen LogP contribution in [0.2, 0.25) is 0 Å². The average Bonchev–Trinajstić information content (AvgIpc) is 2.85. The van der Waals surface area contributed by atoms with Gasteiger partial charge in [-0.1, -0.05) is 11.6 Å². The number of hydrogen-bond donors (Lipinski definition) is 1. The largest absolute Gasteiger partial charge is 0.452 e. The molecule has 7 heteroatoms. The van der Waals surface area contributed by atoms with Crippen molar-refractivity contribution < 1.29 is 14.3 Å². The van der Waals surface area contributed by atoms with Gasteiger partial charge in [-0.2, -0.15) is 8.75 Å². The van der Waals surface area contributed by atoms with E-state index in [1.54, 1.807) is 26.0 Å². The lowest BCUT2D eigenvalue weighted by molar-refractivity contribution is -0.142. The van der Waals surface area contributed by atoms with Gasteiger partial charge in [-0.25, -0.2) is 4.79 Å². The second-order valence-corrected chi connectivity index (χ2v) is 4.84. The smallest absolute Gasteiger partial charge is 0.331 e. The molecule has 0 aliphatic rings. The van der Waals surface area contributed by atoms with Gasteiger partial charge in [0.25, 0.3) is 5.91 Å². The summed E-state index contributed by atoms with van der Waals surface area (Å²) in [6.07, 6.45) is 1.33. The lowest BCUT2D eigenvalue weighted by Gasteiger charge is -2.05. The SMILES string of the molecule is CC(C)=CC(=O)OCC(=O)Nc1cccc2nsnc12. The Morgan fingerprint density at radius 1 is 1.35 bits per heavy atom. The molecule has 20 heavy (non-hydrogen) atoms. The number of hydrogen-bond acceptors (Lipinski definition) is 6. The number of esters is 1. The highest BCUT2D eigenvalue weighted by Crippen LogP contribution is 2.20. The molecule has 0 spiro atoms. The van der Waals surface area contributed by atoms with Crippen LogP contribution in [0, 0.1) is 0 Å². The summed E-state index contributed by atoms with van der Waals surface area (Å²) in [5, 5.41) is 2.65. The Balaban J connectivity index is 1.97. The number of nitrogens with one attached hydrogen (secondary N) is 1. The number of carbonyl (C=O) groups is 2. The molecular formula is C13H13N3O3S. The van der Waals surface area contributed by atoms with Crippen LogP contribution in [0.5, 0.6) is 0 Å². The Morgan fingerprint density at radius 3 is 2.90 bits per heavy atom. The van der Waals surface area contributed by atoms with Crippen LogP contribution < -0.4 is 5.32 Å². The molecule has 2 aromatic rings. The molecule has 0 fully saturated rings. The number of amides is 1. The number of allylic oxidation sites excluding steroid dienone is 1. The number of rotatable bonds is 4. The molecule has 1 heterocycles. The van der Waals surface area contributed by atoms with Gasteiger partial charge in [0.05, 0.1) is 17.4 Å². The highest BCUT2D eigenvalue weighted by Gasteiger charge is 2.10. The molecule has 1 N–H and O–H groups in total. The molecular weight excluding hydrogens is 278 g/mol. The summed E-state index contributed by atoms with van der Waals surface area (Å²) in [6, 6.07) is 5.30. The Kier molecular flexibility index (Phi) is 4.41. The minimum atomic E-state index is -0.534. The number of nitrogens with zero attached hydrogens (tertiary/aromatic N) is 2. The molecule has 1 amide bonds. The molecule has 0 bridgehead atoms. The fourth-order valence-electron chi connectivity index (χ4n) is 1.51. The van der Waals surface area contributed by atoms with E-state index in [1.165, 1.54) is 6.08 Å².